The second kappa shape index (κ2) is 18.5. The molecule has 0 aliphatic carbocycles. The van der Waals surface area contributed by atoms with Gasteiger partial charge < -0.3 is 49.1 Å². The number of benzene rings is 1. The third-order valence-electron chi connectivity index (χ3n) is 6.19. The Hall–Kier alpha value is -3.75. The molecule has 0 radical (unpaired) electrons. The fourth-order valence-electron chi connectivity index (χ4n) is 3.85. The Morgan fingerprint density at radius 2 is 1.25 bits per heavy atom. The second-order valence-electron chi connectivity index (χ2n) is 9.57. The van der Waals surface area contributed by atoms with E-state index in [0.717, 1.165) is 0 Å². The van der Waals surface area contributed by atoms with Gasteiger partial charge >= 0.3 is 5.97 Å². The van der Waals surface area contributed by atoms with Crippen molar-refractivity contribution >= 4 is 29.6 Å². The average Bonchev–Trinajstić information content (AvgIpc) is 2.90. The van der Waals surface area contributed by atoms with Gasteiger partial charge in [-0.15, -0.1) is 0 Å². The van der Waals surface area contributed by atoms with Gasteiger partial charge in [-0.05, 0) is 69.3 Å². The summed E-state index contributed by atoms with van der Waals surface area (Å²) in [6.07, 6.45) is 2.50. The standard InChI is InChI=1S/C26H43N7O7/c27-13-3-1-5-18(29)23(36)31-19(6-2-4-14-28)24(37)33-21(15-16-7-9-17(34)10-8-16)25(38)32-20(26(39)40)11-12-22(30)35/h7-10,18-21,34H,1-6,11-15,27-29H2,(H2,30,35)(H,31,36)(H,32,38)(H,33,37)(H,39,40). The summed E-state index contributed by atoms with van der Waals surface area (Å²) in [6, 6.07) is 1.34. The molecule has 14 nitrogen and oxygen atoms in total. The van der Waals surface area contributed by atoms with E-state index in [1.165, 1.54) is 12.1 Å². The highest BCUT2D eigenvalue weighted by atomic mass is 16.4. The van der Waals surface area contributed by atoms with Crippen molar-refractivity contribution in [2.24, 2.45) is 22.9 Å². The van der Waals surface area contributed by atoms with Crippen molar-refractivity contribution < 1.29 is 34.2 Å². The molecule has 0 fully saturated rings. The minimum absolute atomic E-state index is 0.00309. The van der Waals surface area contributed by atoms with Crippen molar-refractivity contribution in [1.29, 1.82) is 0 Å². The predicted octanol–water partition coefficient (Wildman–Crippen LogP) is -1.68. The Bertz CT molecular complexity index is 975. The van der Waals surface area contributed by atoms with Crippen molar-refractivity contribution in [2.45, 2.75) is 82.0 Å². The largest absolute Gasteiger partial charge is 0.508 e. The van der Waals surface area contributed by atoms with Crippen LogP contribution >= 0.6 is 0 Å². The zero-order valence-corrected chi connectivity index (χ0v) is 22.6. The molecule has 13 N–H and O–H groups in total. The van der Waals surface area contributed by atoms with Crippen LogP contribution in [0, 0.1) is 0 Å². The van der Waals surface area contributed by atoms with Crippen molar-refractivity contribution in [1.82, 2.24) is 16.0 Å². The molecule has 0 saturated heterocycles. The number of primary amides is 1. The molecule has 0 aliphatic rings. The summed E-state index contributed by atoms with van der Waals surface area (Å²) in [6.45, 7) is 0.850. The number of carboxylic acids is 1. The van der Waals surface area contributed by atoms with Crippen molar-refractivity contribution in [3.8, 4) is 5.75 Å². The summed E-state index contributed by atoms with van der Waals surface area (Å²) >= 11 is 0. The van der Waals surface area contributed by atoms with Crippen LogP contribution in [-0.2, 0) is 30.4 Å². The summed E-state index contributed by atoms with van der Waals surface area (Å²) in [5, 5.41) is 26.7. The van der Waals surface area contributed by atoms with Crippen molar-refractivity contribution in [2.75, 3.05) is 13.1 Å². The Labute approximate surface area is 233 Å². The first-order valence-electron chi connectivity index (χ1n) is 13.3. The van der Waals surface area contributed by atoms with E-state index in [2.05, 4.69) is 16.0 Å². The van der Waals surface area contributed by atoms with E-state index in [1.807, 2.05) is 0 Å². The Morgan fingerprint density at radius 1 is 0.725 bits per heavy atom. The van der Waals surface area contributed by atoms with Crippen LogP contribution < -0.4 is 38.9 Å². The van der Waals surface area contributed by atoms with Gasteiger partial charge in [0.05, 0.1) is 6.04 Å². The molecule has 0 spiro atoms. The van der Waals surface area contributed by atoms with Gasteiger partial charge in [-0.2, -0.15) is 0 Å². The molecule has 224 valence electrons. The number of hydrogen-bond acceptors (Lipinski definition) is 9. The van der Waals surface area contributed by atoms with Crippen LogP contribution in [0.15, 0.2) is 24.3 Å². The molecule has 0 aromatic heterocycles. The molecule has 0 saturated carbocycles. The maximum atomic E-state index is 13.3. The Morgan fingerprint density at radius 3 is 1.80 bits per heavy atom. The quantitative estimate of drug-likeness (QED) is 0.0810. The van der Waals surface area contributed by atoms with Crippen LogP contribution in [0.2, 0.25) is 0 Å². The summed E-state index contributed by atoms with van der Waals surface area (Å²) < 4.78 is 0. The monoisotopic (exact) mass is 565 g/mol. The summed E-state index contributed by atoms with van der Waals surface area (Å²) in [5.74, 6) is -4.11. The molecule has 14 heteroatoms. The van der Waals surface area contributed by atoms with Gasteiger partial charge in [-0.25, -0.2) is 4.79 Å². The Kier molecular flexibility index (Phi) is 15.9. The third kappa shape index (κ3) is 13.4. The van der Waals surface area contributed by atoms with E-state index >= 15 is 0 Å². The number of aromatic hydroxyl groups is 1. The molecule has 1 rings (SSSR count). The number of phenols is 1. The molecular weight excluding hydrogens is 522 g/mol. The lowest BCUT2D eigenvalue weighted by Gasteiger charge is -2.25. The van der Waals surface area contributed by atoms with Crippen LogP contribution in [-0.4, -0.2) is 77.1 Å². The highest BCUT2D eigenvalue weighted by Crippen LogP contribution is 2.13. The molecule has 4 unspecified atom stereocenters. The Balaban J connectivity index is 3.12. The molecule has 1 aromatic carbocycles. The molecule has 0 heterocycles. The van der Waals surface area contributed by atoms with E-state index < -0.39 is 53.8 Å². The van der Waals surface area contributed by atoms with Crippen LogP contribution in [0.4, 0.5) is 0 Å². The van der Waals surface area contributed by atoms with Gasteiger partial charge in [0.25, 0.3) is 0 Å². The summed E-state index contributed by atoms with van der Waals surface area (Å²) in [4.78, 5) is 62.0. The number of rotatable bonds is 20. The number of amides is 4. The van der Waals surface area contributed by atoms with E-state index in [0.29, 0.717) is 50.8 Å². The second-order valence-corrected chi connectivity index (χ2v) is 9.57. The van der Waals surface area contributed by atoms with Gasteiger partial charge in [0, 0.05) is 12.8 Å². The van der Waals surface area contributed by atoms with Gasteiger partial charge in [0.15, 0.2) is 0 Å². The molecule has 0 bridgehead atoms. The zero-order chi connectivity index (χ0) is 30.1. The van der Waals surface area contributed by atoms with Gasteiger partial charge in [0.1, 0.15) is 23.9 Å². The van der Waals surface area contributed by atoms with Crippen molar-refractivity contribution in [3.63, 3.8) is 0 Å². The fourth-order valence-corrected chi connectivity index (χ4v) is 3.85. The van der Waals surface area contributed by atoms with Crippen LogP contribution in [0.5, 0.6) is 5.75 Å². The predicted molar refractivity (Wildman–Crippen MR) is 147 cm³/mol. The van der Waals surface area contributed by atoms with Crippen LogP contribution in [0.25, 0.3) is 0 Å². The first kappa shape index (κ1) is 34.3. The number of carboxylic acid groups (broad SMARTS) is 1. The van der Waals surface area contributed by atoms with E-state index in [4.69, 9.17) is 22.9 Å². The topological polar surface area (TPSA) is 266 Å². The number of unbranched alkanes of at least 4 members (excludes halogenated alkanes) is 2. The van der Waals surface area contributed by atoms with Gasteiger partial charge in [0.2, 0.25) is 23.6 Å². The lowest BCUT2D eigenvalue weighted by molar-refractivity contribution is -0.142. The molecule has 4 amide bonds. The van der Waals surface area contributed by atoms with Crippen molar-refractivity contribution in [3.05, 3.63) is 29.8 Å². The number of aliphatic carboxylic acids is 1. The SMILES string of the molecule is NCCCCC(N)C(=O)NC(CCCCN)C(=O)NC(Cc1ccc(O)cc1)C(=O)NC(CCC(N)=O)C(=O)O. The van der Waals surface area contributed by atoms with Gasteiger partial charge in [-0.3, -0.25) is 19.2 Å². The van der Waals surface area contributed by atoms with E-state index in [-0.39, 0.29) is 31.4 Å². The number of carbonyl (C=O) groups is 5. The molecular formula is C26H43N7O7. The zero-order valence-electron chi connectivity index (χ0n) is 22.6. The normalized spacial score (nSPS) is 13.9. The van der Waals surface area contributed by atoms with Crippen LogP contribution in [0.1, 0.15) is 56.9 Å². The maximum Gasteiger partial charge on any atom is 0.326 e. The number of carbonyl (C=O) groups excluding carboxylic acids is 4. The number of hydrogen-bond donors (Lipinski definition) is 9. The lowest BCUT2D eigenvalue weighted by Crippen LogP contribution is -2.57. The molecule has 1 aromatic rings. The smallest absolute Gasteiger partial charge is 0.326 e. The molecule has 4 atom stereocenters. The van der Waals surface area contributed by atoms with E-state index in [1.54, 1.807) is 12.1 Å². The highest BCUT2D eigenvalue weighted by Gasteiger charge is 2.30. The van der Waals surface area contributed by atoms with Crippen LogP contribution in [0.3, 0.4) is 0 Å². The maximum absolute atomic E-state index is 13.3. The number of phenolic OH excluding ortho intramolecular Hbond substituents is 1. The third-order valence-corrected chi connectivity index (χ3v) is 6.19. The number of nitrogens with two attached hydrogens (primary N) is 4. The minimum atomic E-state index is -1.43. The lowest BCUT2D eigenvalue weighted by atomic mass is 10.0. The highest BCUT2D eigenvalue weighted by molar-refractivity contribution is 5.94. The first-order valence-corrected chi connectivity index (χ1v) is 13.3. The molecule has 0 aliphatic heterocycles. The number of nitrogens with one attached hydrogen (secondary N) is 3. The molecule has 40 heavy (non-hydrogen) atoms. The summed E-state index contributed by atoms with van der Waals surface area (Å²) in [5.41, 5.74) is 22.7. The van der Waals surface area contributed by atoms with Gasteiger partial charge in [-0.1, -0.05) is 18.6 Å². The summed E-state index contributed by atoms with van der Waals surface area (Å²) in [7, 11) is 0. The first-order chi connectivity index (χ1) is 19.0. The average molecular weight is 566 g/mol. The fraction of sp³-hybridized carbons (Fsp3) is 0.577. The van der Waals surface area contributed by atoms with E-state index in [9.17, 15) is 34.2 Å². The minimum Gasteiger partial charge on any atom is -0.508 e.